The van der Waals surface area contributed by atoms with Gasteiger partial charge < -0.3 is 10.4 Å². The molecule has 0 radical (unpaired) electrons. The summed E-state index contributed by atoms with van der Waals surface area (Å²) < 4.78 is 0. The van der Waals surface area contributed by atoms with Crippen molar-refractivity contribution in [3.63, 3.8) is 0 Å². The van der Waals surface area contributed by atoms with Gasteiger partial charge >= 0.3 is 0 Å². The highest BCUT2D eigenvalue weighted by Crippen LogP contribution is 2.34. The fraction of sp³-hybridized carbons (Fsp3) is 0.368. The first-order valence-electron chi connectivity index (χ1n) is 7.79. The number of phenolic OH excluding ortho intramolecular Hbond substituents is 1. The Morgan fingerprint density at radius 2 is 1.83 bits per heavy atom. The molecule has 0 amide bonds. The molecule has 0 aliphatic carbocycles. The predicted molar refractivity (Wildman–Crippen MR) is 105 cm³/mol. The lowest BCUT2D eigenvalue weighted by Gasteiger charge is -2.20. The highest BCUT2D eigenvalue weighted by molar-refractivity contribution is 8.00. The molecule has 2 rings (SSSR count). The maximum Gasteiger partial charge on any atom is 0.129 e. The third kappa shape index (κ3) is 5.70. The molecule has 2 nitrogen and oxygen atoms in total. The van der Waals surface area contributed by atoms with Crippen molar-refractivity contribution < 1.29 is 5.11 Å². The number of anilines is 1. The van der Waals surface area contributed by atoms with Crippen molar-refractivity contribution in [2.45, 2.75) is 36.3 Å². The quantitative estimate of drug-likeness (QED) is 0.496. The second-order valence-electron chi connectivity index (χ2n) is 6.64. The number of nitrogens with one attached hydrogen (secondary N) is 1. The Morgan fingerprint density at radius 3 is 2.48 bits per heavy atom. The maximum absolute atomic E-state index is 10.1. The number of phenols is 1. The highest BCUT2D eigenvalue weighted by atomic mass is 32.2. The SMILES string of the molecule is CC(C)(C)c1ccc(O)c(SCC(S)CNc2ccccc2)c1. The Morgan fingerprint density at radius 1 is 1.13 bits per heavy atom. The lowest BCUT2D eigenvalue weighted by atomic mass is 9.87. The number of aromatic hydroxyl groups is 1. The van der Waals surface area contributed by atoms with E-state index in [4.69, 9.17) is 0 Å². The molecule has 0 spiro atoms. The van der Waals surface area contributed by atoms with Crippen molar-refractivity contribution in [2.24, 2.45) is 0 Å². The average molecular weight is 348 g/mol. The summed E-state index contributed by atoms with van der Waals surface area (Å²) in [6.07, 6.45) is 0. The summed E-state index contributed by atoms with van der Waals surface area (Å²) in [5.74, 6) is 1.18. The fourth-order valence-electron chi connectivity index (χ4n) is 2.13. The second kappa shape index (κ2) is 8.02. The van der Waals surface area contributed by atoms with E-state index in [1.54, 1.807) is 17.8 Å². The van der Waals surface area contributed by atoms with Gasteiger partial charge in [0.05, 0.1) is 0 Å². The number of hydrogen-bond acceptors (Lipinski definition) is 4. The van der Waals surface area contributed by atoms with Crippen LogP contribution in [0.4, 0.5) is 5.69 Å². The second-order valence-corrected chi connectivity index (χ2v) is 8.44. The molecule has 0 fully saturated rings. The molecule has 1 unspecified atom stereocenters. The smallest absolute Gasteiger partial charge is 0.129 e. The standard InChI is InChI=1S/C19H25NOS2/c1-19(2,3)14-9-10-17(21)18(11-14)23-13-16(22)12-20-15-7-5-4-6-8-15/h4-11,16,20-22H,12-13H2,1-3H3. The first-order chi connectivity index (χ1) is 10.9. The van der Waals surface area contributed by atoms with E-state index in [1.165, 1.54) is 5.56 Å². The molecule has 0 saturated carbocycles. The number of benzene rings is 2. The fourth-order valence-corrected chi connectivity index (χ4v) is 3.36. The summed E-state index contributed by atoms with van der Waals surface area (Å²) in [6.45, 7) is 7.33. The zero-order valence-corrected chi connectivity index (χ0v) is 15.6. The molecule has 23 heavy (non-hydrogen) atoms. The van der Waals surface area contributed by atoms with Gasteiger partial charge in [0.15, 0.2) is 0 Å². The Balaban J connectivity index is 1.90. The molecule has 2 N–H and O–H groups in total. The third-order valence-corrected chi connectivity index (χ3v) is 5.39. The van der Waals surface area contributed by atoms with Gasteiger partial charge in [-0.25, -0.2) is 0 Å². The van der Waals surface area contributed by atoms with Gasteiger partial charge in [-0.2, -0.15) is 12.6 Å². The van der Waals surface area contributed by atoms with Crippen LogP contribution in [0.2, 0.25) is 0 Å². The summed E-state index contributed by atoms with van der Waals surface area (Å²) in [5.41, 5.74) is 2.42. The van der Waals surface area contributed by atoms with Crippen LogP contribution in [0.1, 0.15) is 26.3 Å². The topological polar surface area (TPSA) is 32.3 Å². The van der Waals surface area contributed by atoms with E-state index in [0.29, 0.717) is 5.75 Å². The van der Waals surface area contributed by atoms with E-state index < -0.39 is 0 Å². The minimum atomic E-state index is 0.0816. The summed E-state index contributed by atoms with van der Waals surface area (Å²) in [7, 11) is 0. The monoisotopic (exact) mass is 347 g/mol. The molecule has 1 atom stereocenters. The van der Waals surface area contributed by atoms with E-state index in [2.05, 4.69) is 44.8 Å². The Bertz CT molecular complexity index is 623. The van der Waals surface area contributed by atoms with Crippen LogP contribution in [0, 0.1) is 0 Å². The van der Waals surface area contributed by atoms with Crippen LogP contribution in [0.5, 0.6) is 5.75 Å². The van der Waals surface area contributed by atoms with Gasteiger partial charge in [-0.1, -0.05) is 45.0 Å². The Labute approximate surface area is 149 Å². The van der Waals surface area contributed by atoms with Crippen molar-refractivity contribution in [3.8, 4) is 5.75 Å². The molecule has 0 bridgehead atoms. The van der Waals surface area contributed by atoms with Gasteiger partial charge in [0.2, 0.25) is 0 Å². The maximum atomic E-state index is 10.1. The van der Waals surface area contributed by atoms with Gasteiger partial charge in [0.1, 0.15) is 5.75 Å². The van der Waals surface area contributed by atoms with Crippen LogP contribution in [0.3, 0.4) is 0 Å². The molecule has 0 aliphatic rings. The predicted octanol–water partition coefficient (Wildman–Crippen LogP) is 5.19. The Hall–Kier alpha value is -1.26. The first kappa shape index (κ1) is 18.1. The van der Waals surface area contributed by atoms with Crippen LogP contribution in [0.15, 0.2) is 53.4 Å². The van der Waals surface area contributed by atoms with Gasteiger partial charge in [0.25, 0.3) is 0 Å². The number of hydrogen-bond donors (Lipinski definition) is 3. The molecule has 4 heteroatoms. The third-order valence-electron chi connectivity index (χ3n) is 3.57. The normalized spacial score (nSPS) is 12.9. The van der Waals surface area contributed by atoms with Gasteiger partial charge in [-0.15, -0.1) is 11.8 Å². The average Bonchev–Trinajstić information content (AvgIpc) is 2.52. The van der Waals surface area contributed by atoms with Crippen molar-refractivity contribution in [3.05, 3.63) is 54.1 Å². The number of para-hydroxylation sites is 1. The minimum absolute atomic E-state index is 0.0816. The van der Waals surface area contributed by atoms with Crippen LogP contribution in [0.25, 0.3) is 0 Å². The first-order valence-corrected chi connectivity index (χ1v) is 9.30. The minimum Gasteiger partial charge on any atom is -0.507 e. The van der Waals surface area contributed by atoms with E-state index in [9.17, 15) is 5.11 Å². The number of thioether (sulfide) groups is 1. The van der Waals surface area contributed by atoms with Crippen LogP contribution >= 0.6 is 24.4 Å². The van der Waals surface area contributed by atoms with Crippen LogP contribution in [-0.4, -0.2) is 22.7 Å². The van der Waals surface area contributed by atoms with Crippen LogP contribution < -0.4 is 5.32 Å². The van der Waals surface area contributed by atoms with Gasteiger partial charge in [-0.3, -0.25) is 0 Å². The molecular weight excluding hydrogens is 322 g/mol. The number of rotatable bonds is 6. The van der Waals surface area contributed by atoms with E-state index >= 15 is 0 Å². The molecule has 0 aromatic heterocycles. The van der Waals surface area contributed by atoms with E-state index in [0.717, 1.165) is 22.9 Å². The van der Waals surface area contributed by atoms with Crippen molar-refractivity contribution in [1.82, 2.24) is 0 Å². The number of thiol groups is 1. The van der Waals surface area contributed by atoms with Gasteiger partial charge in [0, 0.05) is 28.1 Å². The molecule has 124 valence electrons. The van der Waals surface area contributed by atoms with E-state index in [1.807, 2.05) is 36.4 Å². The highest BCUT2D eigenvalue weighted by Gasteiger charge is 2.16. The van der Waals surface area contributed by atoms with E-state index in [-0.39, 0.29) is 10.7 Å². The van der Waals surface area contributed by atoms with Gasteiger partial charge in [-0.05, 0) is 35.2 Å². The lowest BCUT2D eigenvalue weighted by Crippen LogP contribution is -2.16. The molecular formula is C19H25NOS2. The van der Waals surface area contributed by atoms with Crippen molar-refractivity contribution in [2.75, 3.05) is 17.6 Å². The molecule has 2 aromatic carbocycles. The summed E-state index contributed by atoms with van der Waals surface area (Å²) in [6, 6.07) is 16.0. The van der Waals surface area contributed by atoms with Crippen LogP contribution in [-0.2, 0) is 5.41 Å². The summed E-state index contributed by atoms with van der Waals surface area (Å²) >= 11 is 6.30. The largest absolute Gasteiger partial charge is 0.507 e. The Kier molecular flexibility index (Phi) is 6.31. The zero-order chi connectivity index (χ0) is 16.9. The lowest BCUT2D eigenvalue weighted by molar-refractivity contribution is 0.460. The molecule has 0 heterocycles. The molecule has 2 aromatic rings. The van der Waals surface area contributed by atoms with Crippen molar-refractivity contribution >= 4 is 30.1 Å². The van der Waals surface area contributed by atoms with Crippen molar-refractivity contribution in [1.29, 1.82) is 0 Å². The summed E-state index contributed by atoms with van der Waals surface area (Å²) in [5, 5.41) is 13.6. The zero-order valence-electron chi connectivity index (χ0n) is 13.9. The molecule has 0 aliphatic heterocycles. The molecule has 0 saturated heterocycles. The summed E-state index contributed by atoms with van der Waals surface area (Å²) in [4.78, 5) is 0.927.